The third kappa shape index (κ3) is 30.0. The Morgan fingerprint density at radius 1 is 0.446 bits per heavy atom. The fraction of sp³-hybridized carbons (Fsp3) is 0.417. The van der Waals surface area contributed by atoms with Crippen LogP contribution in [0.1, 0.15) is 81.0 Å². The first-order valence-corrected chi connectivity index (χ1v) is 43.8. The summed E-state index contributed by atoms with van der Waals surface area (Å²) in [5, 5.41) is 76.1. The molecule has 1 aliphatic heterocycles. The summed E-state index contributed by atoms with van der Waals surface area (Å²) in [5.41, 5.74) is 15.3. The molecule has 1 aliphatic rings. The molecule has 46 heteroatoms. The highest BCUT2D eigenvalue weighted by Gasteiger charge is 2.42. The molecule has 0 bridgehead atoms. The van der Waals surface area contributed by atoms with Gasteiger partial charge >= 0.3 is 17.9 Å². The zero-order valence-corrected chi connectivity index (χ0v) is 73.4. The van der Waals surface area contributed by atoms with Crippen LogP contribution in [0.25, 0.3) is 32.7 Å². The Hall–Kier alpha value is -13.6. The van der Waals surface area contributed by atoms with Gasteiger partial charge in [0.05, 0.1) is 38.6 Å². The summed E-state index contributed by atoms with van der Waals surface area (Å²) in [6, 6.07) is 7.69. The maximum absolute atomic E-state index is 14.4. The van der Waals surface area contributed by atoms with Crippen LogP contribution in [0, 0.1) is 0 Å². The molecule has 0 saturated carbocycles. The second kappa shape index (κ2) is 49.7. The lowest BCUT2D eigenvalue weighted by Crippen LogP contribution is -2.60. The molecule has 698 valence electrons. The van der Waals surface area contributed by atoms with E-state index < -0.39 is 254 Å². The third-order valence-electron chi connectivity index (χ3n) is 21.0. The normalized spacial score (nSPS) is 15.3. The van der Waals surface area contributed by atoms with Crippen molar-refractivity contribution in [3.05, 3.63) is 144 Å². The van der Waals surface area contributed by atoms with Gasteiger partial charge in [0.15, 0.2) is 0 Å². The molecule has 0 radical (unpaired) electrons. The number of amides is 16. The number of likely N-dealkylation sites (tertiary alicyclic amines) is 1. The molecule has 4 heterocycles. The van der Waals surface area contributed by atoms with Gasteiger partial charge in [0, 0.05) is 101 Å². The van der Waals surface area contributed by atoms with Crippen LogP contribution in [-0.2, 0) is 117 Å². The highest BCUT2D eigenvalue weighted by Crippen LogP contribution is 2.25. The summed E-state index contributed by atoms with van der Waals surface area (Å²) in [4.78, 5) is 267. The van der Waals surface area contributed by atoms with Gasteiger partial charge in [0.2, 0.25) is 94.5 Å². The maximum Gasteiger partial charge on any atom is 0.326 e. The minimum atomic E-state index is -1.92. The average molecular weight is 1860 g/mol. The molecule has 8 rings (SSSR count). The SMILES string of the molecule is CSCC[C@H](NC(=O)[C@H](CS)NC(=O)[C@H](CC(=O)O)NC(=O)[C@H](Cc1c[nH]c2ccccc12)NC(=O)[C@@H](N)CC(N)=O)C(=O)N[C@@H](Cc1ccccc1)C(=O)NCC(=O)N[C@@H](C)C(=O)N[C@@H](CCC(=O)O)C(=O)NCC(=O)N[C@@H](Cc1c[nH]c2ccccc12)C(=O)N[C@@H](C)C(=O)N[C@@H](CS)C(=O)N[C@@H](CO)C(=O)N1CCC[C@H]1C(=O)N[C@@H](Cc1c[nH]c2ccccc12)C(=O)O. The number of benzene rings is 4. The summed E-state index contributed by atoms with van der Waals surface area (Å²) in [6.07, 6.45) is 3.06. The number of aromatic nitrogens is 3. The van der Waals surface area contributed by atoms with E-state index in [9.17, 15) is 112 Å². The van der Waals surface area contributed by atoms with Crippen LogP contribution in [0.4, 0.5) is 0 Å². The summed E-state index contributed by atoms with van der Waals surface area (Å²) in [7, 11) is 0. The number of aromatic amines is 3. The largest absolute Gasteiger partial charge is 0.481 e. The Kier molecular flexibility index (Phi) is 38.9. The Balaban J connectivity index is 0.848. The number of nitrogens with zero attached hydrogens (tertiary/aromatic N) is 1. The lowest BCUT2D eigenvalue weighted by atomic mass is 10.0. The molecule has 7 aromatic rings. The van der Waals surface area contributed by atoms with Crippen molar-refractivity contribution in [3.8, 4) is 0 Å². The zero-order valence-electron chi connectivity index (χ0n) is 70.8. The number of primary amides is 1. The van der Waals surface area contributed by atoms with Crippen LogP contribution in [-0.4, -0.2) is 287 Å². The Morgan fingerprint density at radius 3 is 1.36 bits per heavy atom. The van der Waals surface area contributed by atoms with Gasteiger partial charge < -0.3 is 126 Å². The number of carboxylic acid groups (broad SMARTS) is 3. The van der Waals surface area contributed by atoms with Gasteiger partial charge in [-0.25, -0.2) is 4.79 Å². The molecule has 0 aliphatic carbocycles. The number of fused-ring (bicyclic) bond motifs is 3. The Labute approximate surface area is 758 Å². The van der Waals surface area contributed by atoms with Gasteiger partial charge in [0.1, 0.15) is 78.5 Å². The molecule has 0 spiro atoms. The van der Waals surface area contributed by atoms with Gasteiger partial charge in [-0.2, -0.15) is 37.0 Å². The number of carboxylic acids is 3. The number of nitrogens with one attached hydrogen (secondary N) is 17. The predicted octanol–water partition coefficient (Wildman–Crippen LogP) is -4.29. The number of rotatable bonds is 51. The number of carbonyl (C=O) groups is 19. The topological polar surface area (TPSA) is 676 Å². The van der Waals surface area contributed by atoms with Crippen molar-refractivity contribution in [2.75, 3.05) is 49.8 Å². The van der Waals surface area contributed by atoms with Crippen LogP contribution < -0.4 is 85.9 Å². The number of aliphatic hydroxyl groups excluding tert-OH is 1. The summed E-state index contributed by atoms with van der Waals surface area (Å²) < 4.78 is 0. The minimum absolute atomic E-state index is 0.00442. The Morgan fingerprint density at radius 2 is 0.854 bits per heavy atom. The maximum atomic E-state index is 14.4. The quantitative estimate of drug-likeness (QED) is 0.0160. The number of nitrogens with two attached hydrogens (primary N) is 2. The number of thiol groups is 2. The first kappa shape index (κ1) is 102. The monoisotopic (exact) mass is 1860 g/mol. The van der Waals surface area contributed by atoms with E-state index in [0.717, 1.165) is 15.8 Å². The number of hydrogen-bond donors (Lipinski definition) is 25. The molecule has 14 atom stereocenters. The molecule has 0 unspecified atom stereocenters. The van der Waals surface area contributed by atoms with E-state index in [1.807, 2.05) is 0 Å². The lowest BCUT2D eigenvalue weighted by Gasteiger charge is -2.29. The molecule has 3 aromatic heterocycles. The van der Waals surface area contributed by atoms with Crippen LogP contribution in [0.3, 0.4) is 0 Å². The van der Waals surface area contributed by atoms with Gasteiger partial charge in [-0.3, -0.25) is 86.3 Å². The van der Waals surface area contributed by atoms with Crippen molar-refractivity contribution >= 4 is 182 Å². The molecular formula is C84H106N20O23S3. The number of H-pyrrole nitrogens is 3. The van der Waals surface area contributed by atoms with Gasteiger partial charge in [0.25, 0.3) is 0 Å². The average Bonchev–Trinajstić information content (AvgIpc) is 1.69. The number of hydrogen-bond acceptors (Lipinski definition) is 24. The molecule has 1 saturated heterocycles. The van der Waals surface area contributed by atoms with Gasteiger partial charge in [-0.1, -0.05) is 84.9 Å². The van der Waals surface area contributed by atoms with E-state index in [1.54, 1.807) is 128 Å². The molecule has 4 aromatic carbocycles. The Bertz CT molecular complexity index is 5290. The van der Waals surface area contributed by atoms with Crippen molar-refractivity contribution in [2.45, 2.75) is 169 Å². The number of thioether (sulfide) groups is 1. The van der Waals surface area contributed by atoms with Crippen molar-refractivity contribution in [1.29, 1.82) is 0 Å². The van der Waals surface area contributed by atoms with Crippen molar-refractivity contribution in [1.82, 2.24) is 94.3 Å². The molecule has 25 N–H and O–H groups in total. The summed E-state index contributed by atoms with van der Waals surface area (Å²) in [5.74, 6) is -20.9. The first-order valence-electron chi connectivity index (χ1n) is 41.2. The molecular weight excluding hydrogens is 1750 g/mol. The fourth-order valence-electron chi connectivity index (χ4n) is 14.1. The van der Waals surface area contributed by atoms with E-state index in [0.29, 0.717) is 50.5 Å². The summed E-state index contributed by atoms with van der Waals surface area (Å²) in [6.45, 7) is -0.302. The lowest BCUT2D eigenvalue weighted by molar-refractivity contribution is -0.145. The van der Waals surface area contributed by atoms with Crippen molar-refractivity contribution < 1.29 is 112 Å². The smallest absolute Gasteiger partial charge is 0.326 e. The molecule has 1 fully saturated rings. The zero-order chi connectivity index (χ0) is 95.0. The van der Waals surface area contributed by atoms with Gasteiger partial charge in [-0.15, -0.1) is 0 Å². The second-order valence-electron chi connectivity index (χ2n) is 30.7. The van der Waals surface area contributed by atoms with Crippen molar-refractivity contribution in [3.63, 3.8) is 0 Å². The van der Waals surface area contributed by atoms with Crippen LogP contribution in [0.2, 0.25) is 0 Å². The third-order valence-corrected chi connectivity index (χ3v) is 22.4. The van der Waals surface area contributed by atoms with E-state index >= 15 is 0 Å². The first-order chi connectivity index (χ1) is 62.0. The fourth-order valence-corrected chi connectivity index (χ4v) is 15.1. The van der Waals surface area contributed by atoms with E-state index in [4.69, 9.17) is 11.5 Å². The van der Waals surface area contributed by atoms with E-state index in [2.05, 4.69) is 115 Å². The van der Waals surface area contributed by atoms with Crippen molar-refractivity contribution in [2.24, 2.45) is 11.5 Å². The van der Waals surface area contributed by atoms with E-state index in [1.165, 1.54) is 25.6 Å². The standard InChI is InChI=1S/C84H106N20O23S3/c1-42(92-67(107)37-91-75(117)57(28-44-14-5-4-6-15-44)98-76(118)56(25-27-130-3)96-80(122)64(41-129)103-79(121)60(33-70(111)112)99-78(120)59(97-73(115)51(85)32-66(86)106)30-46-35-88-53-20-11-8-17-49(46)53)71(113)95-55(23-24-69(109)110)74(116)90-38-68(108)94-58(29-45-34-87-52-19-10-7-16-48(45)52)77(119)93-43(2)72(114)102-63(40-128)81(123)101-62(39-105)83(125)104-26-13-22-65(104)82(124)100-61(84(126)127)31-47-36-89-54-21-12-9-18-50(47)54/h4-12,14-21,34-36,42-43,51,55-65,87-89,105,128-129H,13,22-33,37-41,85H2,1-3H3,(H2,86,106)(H,90,116)(H,91,117)(H,92,107)(H,93,119)(H,94,108)(H,95,113)(H,96,122)(H,97,115)(H,98,118)(H,99,120)(H,100,124)(H,101,123)(H,102,114)(H,103,121)(H,109,110)(H,111,112)(H,126,127)/t42-,43-,51-,55-,56-,57-,58-,59-,60-,61-,62-,63-,64-,65-/m0/s1. The predicted molar refractivity (Wildman–Crippen MR) is 478 cm³/mol. The minimum Gasteiger partial charge on any atom is -0.481 e. The highest BCUT2D eigenvalue weighted by atomic mass is 32.2. The van der Waals surface area contributed by atoms with Crippen LogP contribution in [0.5, 0.6) is 0 Å². The second-order valence-corrected chi connectivity index (χ2v) is 32.4. The van der Waals surface area contributed by atoms with E-state index in [-0.39, 0.29) is 50.8 Å². The number of aliphatic hydroxyl groups is 1. The molecule has 43 nitrogen and oxygen atoms in total. The highest BCUT2D eigenvalue weighted by molar-refractivity contribution is 7.98. The van der Waals surface area contributed by atoms with Crippen LogP contribution in [0.15, 0.2) is 122 Å². The molecule has 16 amide bonds. The number of para-hydroxylation sites is 3. The number of aliphatic carboxylic acids is 3. The van der Waals surface area contributed by atoms with Gasteiger partial charge in [-0.05, 0) is 92.0 Å². The number of carbonyl (C=O) groups excluding carboxylic acids is 16. The van der Waals surface area contributed by atoms with Crippen LogP contribution >= 0.6 is 37.0 Å². The summed E-state index contributed by atoms with van der Waals surface area (Å²) >= 11 is 9.72. The molecule has 130 heavy (non-hydrogen) atoms.